The number of ether oxygens (including phenoxy) is 1. The second-order valence-corrected chi connectivity index (χ2v) is 5.80. The third kappa shape index (κ3) is 5.23. The lowest BCUT2D eigenvalue weighted by molar-refractivity contribution is 0.140. The zero-order valence-corrected chi connectivity index (χ0v) is 11.7. The lowest BCUT2D eigenvalue weighted by atomic mass is 10.2. The van der Waals surface area contributed by atoms with Crippen molar-refractivity contribution < 1.29 is 17.5 Å². The molecule has 3 N–H and O–H groups in total. The highest BCUT2D eigenvalue weighted by atomic mass is 32.2. The molecule has 0 atom stereocenters. The van der Waals surface area contributed by atoms with E-state index >= 15 is 0 Å². The molecule has 0 fully saturated rings. The summed E-state index contributed by atoms with van der Waals surface area (Å²) in [5, 5.41) is 0. The molecule has 0 bridgehead atoms. The van der Waals surface area contributed by atoms with Gasteiger partial charge in [0, 0.05) is 19.7 Å². The maximum atomic E-state index is 13.1. The van der Waals surface area contributed by atoms with Gasteiger partial charge in [0.1, 0.15) is 5.82 Å². The highest BCUT2D eigenvalue weighted by molar-refractivity contribution is 7.89. The molecule has 1 aromatic carbocycles. The molecule has 0 aliphatic carbocycles. The molecule has 0 spiro atoms. The molecule has 19 heavy (non-hydrogen) atoms. The molecular formula is C12H19FN2O3S. The van der Waals surface area contributed by atoms with E-state index < -0.39 is 15.8 Å². The summed E-state index contributed by atoms with van der Waals surface area (Å²) in [6.07, 6.45) is 0.535. The van der Waals surface area contributed by atoms with Crippen LogP contribution in [0.5, 0.6) is 0 Å². The van der Waals surface area contributed by atoms with Crippen LogP contribution < -0.4 is 10.5 Å². The van der Waals surface area contributed by atoms with Crippen LogP contribution in [0, 0.1) is 12.7 Å². The number of hydrogen-bond acceptors (Lipinski definition) is 4. The summed E-state index contributed by atoms with van der Waals surface area (Å²) in [4.78, 5) is -0.0321. The number of nitrogens with two attached hydrogens (primary N) is 1. The summed E-state index contributed by atoms with van der Waals surface area (Å²) in [6, 6.07) is 3.69. The Morgan fingerprint density at radius 2 is 2.11 bits per heavy atom. The maximum Gasteiger partial charge on any atom is 0.240 e. The van der Waals surface area contributed by atoms with Crippen LogP contribution in [0.4, 0.5) is 4.39 Å². The summed E-state index contributed by atoms with van der Waals surface area (Å²) in [5.74, 6) is -0.572. The molecule has 0 amide bonds. The number of sulfonamides is 1. The third-order valence-corrected chi connectivity index (χ3v) is 4.06. The number of aryl methyl sites for hydroxylation is 1. The largest absolute Gasteiger partial charge is 0.380 e. The summed E-state index contributed by atoms with van der Waals surface area (Å²) < 4.78 is 44.5. The molecule has 0 saturated carbocycles. The SMILES string of the molecule is Cc1ccc(F)cc1S(=O)(=O)NCCCOCCN. The first-order valence-corrected chi connectivity index (χ1v) is 7.49. The van der Waals surface area contributed by atoms with Crippen molar-refractivity contribution >= 4 is 10.0 Å². The minimum Gasteiger partial charge on any atom is -0.380 e. The first-order chi connectivity index (χ1) is 8.97. The summed E-state index contributed by atoms with van der Waals surface area (Å²) in [6.45, 7) is 3.19. The Kier molecular flexibility index (Phi) is 6.36. The fourth-order valence-electron chi connectivity index (χ4n) is 1.51. The Hall–Kier alpha value is -1.02. The predicted molar refractivity (Wildman–Crippen MR) is 70.8 cm³/mol. The van der Waals surface area contributed by atoms with Gasteiger partial charge in [-0.2, -0.15) is 0 Å². The van der Waals surface area contributed by atoms with Crippen molar-refractivity contribution in [2.45, 2.75) is 18.2 Å². The van der Waals surface area contributed by atoms with E-state index in [0.29, 0.717) is 31.7 Å². The quantitative estimate of drug-likeness (QED) is 0.693. The minimum absolute atomic E-state index is 0.0321. The van der Waals surface area contributed by atoms with E-state index in [2.05, 4.69) is 4.72 Å². The van der Waals surface area contributed by atoms with Crippen LogP contribution in [-0.2, 0) is 14.8 Å². The molecule has 0 heterocycles. The minimum atomic E-state index is -3.68. The molecule has 0 aliphatic heterocycles. The lowest BCUT2D eigenvalue weighted by Gasteiger charge is -2.09. The van der Waals surface area contributed by atoms with Crippen LogP contribution in [0.1, 0.15) is 12.0 Å². The van der Waals surface area contributed by atoms with Crippen LogP contribution in [-0.4, -0.2) is 34.7 Å². The van der Waals surface area contributed by atoms with Crippen molar-refractivity contribution in [2.75, 3.05) is 26.3 Å². The molecule has 7 heteroatoms. The van der Waals surface area contributed by atoms with Crippen molar-refractivity contribution in [1.82, 2.24) is 4.72 Å². The highest BCUT2D eigenvalue weighted by Gasteiger charge is 2.16. The lowest BCUT2D eigenvalue weighted by Crippen LogP contribution is -2.26. The van der Waals surface area contributed by atoms with Crippen molar-refractivity contribution in [1.29, 1.82) is 0 Å². The highest BCUT2D eigenvalue weighted by Crippen LogP contribution is 2.15. The van der Waals surface area contributed by atoms with Gasteiger partial charge in [-0.25, -0.2) is 17.5 Å². The maximum absolute atomic E-state index is 13.1. The molecule has 1 aromatic rings. The molecule has 0 unspecified atom stereocenters. The van der Waals surface area contributed by atoms with Crippen LogP contribution >= 0.6 is 0 Å². The van der Waals surface area contributed by atoms with Crippen molar-refractivity contribution in [3.63, 3.8) is 0 Å². The number of rotatable bonds is 8. The average molecular weight is 290 g/mol. The van der Waals surface area contributed by atoms with Crippen LogP contribution in [0.2, 0.25) is 0 Å². The zero-order chi connectivity index (χ0) is 14.3. The number of hydrogen-bond donors (Lipinski definition) is 2. The van der Waals surface area contributed by atoms with Crippen molar-refractivity contribution in [3.8, 4) is 0 Å². The van der Waals surface area contributed by atoms with Gasteiger partial charge in [0.05, 0.1) is 11.5 Å². The summed E-state index contributed by atoms with van der Waals surface area (Å²) in [5.41, 5.74) is 5.75. The Bertz CT molecular complexity index is 506. The van der Waals surface area contributed by atoms with Gasteiger partial charge in [-0.1, -0.05) is 6.07 Å². The Morgan fingerprint density at radius 3 is 2.79 bits per heavy atom. The Labute approximate surface area is 113 Å². The van der Waals surface area contributed by atoms with Gasteiger partial charge in [0.25, 0.3) is 0 Å². The molecule has 1 rings (SSSR count). The van der Waals surface area contributed by atoms with Gasteiger partial charge in [0.15, 0.2) is 0 Å². The monoisotopic (exact) mass is 290 g/mol. The fraction of sp³-hybridized carbons (Fsp3) is 0.500. The number of benzene rings is 1. The Balaban J connectivity index is 2.54. The normalized spacial score (nSPS) is 11.7. The van der Waals surface area contributed by atoms with E-state index in [1.807, 2.05) is 0 Å². The molecule has 0 aliphatic rings. The van der Waals surface area contributed by atoms with E-state index in [0.717, 1.165) is 6.07 Å². The second-order valence-electron chi connectivity index (χ2n) is 4.06. The van der Waals surface area contributed by atoms with E-state index in [1.165, 1.54) is 12.1 Å². The fourth-order valence-corrected chi connectivity index (χ4v) is 2.84. The summed E-state index contributed by atoms with van der Waals surface area (Å²) in [7, 11) is -3.68. The van der Waals surface area contributed by atoms with Crippen molar-refractivity contribution in [3.05, 3.63) is 29.6 Å². The van der Waals surface area contributed by atoms with Gasteiger partial charge < -0.3 is 10.5 Å². The number of halogens is 1. The third-order valence-electron chi connectivity index (χ3n) is 2.46. The molecule has 0 saturated heterocycles. The standard InChI is InChI=1S/C12H19FN2O3S/c1-10-3-4-11(13)9-12(10)19(16,17)15-6-2-7-18-8-5-14/h3-4,9,15H,2,5-8,14H2,1H3. The van der Waals surface area contributed by atoms with Gasteiger partial charge >= 0.3 is 0 Å². The van der Waals surface area contributed by atoms with Gasteiger partial charge in [-0.3, -0.25) is 0 Å². The smallest absolute Gasteiger partial charge is 0.240 e. The van der Waals surface area contributed by atoms with E-state index in [-0.39, 0.29) is 11.4 Å². The first-order valence-electron chi connectivity index (χ1n) is 6.01. The molecule has 5 nitrogen and oxygen atoms in total. The van der Waals surface area contributed by atoms with E-state index in [4.69, 9.17) is 10.5 Å². The van der Waals surface area contributed by atoms with Gasteiger partial charge in [-0.05, 0) is 31.0 Å². The predicted octanol–water partition coefficient (Wildman–Crippen LogP) is 0.778. The van der Waals surface area contributed by atoms with E-state index in [9.17, 15) is 12.8 Å². The van der Waals surface area contributed by atoms with Gasteiger partial charge in [-0.15, -0.1) is 0 Å². The Morgan fingerprint density at radius 1 is 1.37 bits per heavy atom. The second kappa shape index (κ2) is 7.54. The average Bonchev–Trinajstić information content (AvgIpc) is 2.36. The van der Waals surface area contributed by atoms with Crippen LogP contribution in [0.15, 0.2) is 23.1 Å². The first kappa shape index (κ1) is 16.0. The van der Waals surface area contributed by atoms with Crippen LogP contribution in [0.3, 0.4) is 0 Å². The topological polar surface area (TPSA) is 81.4 Å². The van der Waals surface area contributed by atoms with Crippen LogP contribution in [0.25, 0.3) is 0 Å². The number of nitrogens with one attached hydrogen (secondary N) is 1. The van der Waals surface area contributed by atoms with Gasteiger partial charge in [0.2, 0.25) is 10.0 Å². The molecule has 0 radical (unpaired) electrons. The molecular weight excluding hydrogens is 271 g/mol. The van der Waals surface area contributed by atoms with Crippen molar-refractivity contribution in [2.24, 2.45) is 5.73 Å². The summed E-state index contributed by atoms with van der Waals surface area (Å²) >= 11 is 0. The van der Waals surface area contributed by atoms with E-state index in [1.54, 1.807) is 6.92 Å². The molecule has 0 aromatic heterocycles. The zero-order valence-electron chi connectivity index (χ0n) is 10.9. The molecule has 108 valence electrons.